The Morgan fingerprint density at radius 3 is 2.33 bits per heavy atom. The van der Waals surface area contributed by atoms with Crippen molar-refractivity contribution in [2.75, 3.05) is 14.2 Å². The van der Waals surface area contributed by atoms with Gasteiger partial charge in [-0.05, 0) is 36.8 Å². The zero-order chi connectivity index (χ0) is 21.7. The molecule has 1 atom stereocenters. The summed E-state index contributed by atoms with van der Waals surface area (Å²) in [6.07, 6.45) is 0.315. The minimum Gasteiger partial charge on any atom is -0.496 e. The molecule has 0 bridgehead atoms. The van der Waals surface area contributed by atoms with Gasteiger partial charge in [0.2, 0.25) is 0 Å². The van der Waals surface area contributed by atoms with E-state index in [0.29, 0.717) is 34.5 Å². The van der Waals surface area contributed by atoms with Gasteiger partial charge in [0.15, 0.2) is 0 Å². The molecule has 8 heteroatoms. The molecule has 0 saturated heterocycles. The standard InChI is InChI=1S/C22H22ClN3O4/c1-13-24-16(12-20(27)25-13)11-17(14-7-9-15(23)10-8-14)26-22(28)21-18(29-2)5-4-6-19(21)30-3/h4-10,12,17H,11H2,1-3H3,(H,26,28)(H,24,25,27). The first-order valence-corrected chi connectivity index (χ1v) is 9.63. The number of aromatic nitrogens is 2. The van der Waals surface area contributed by atoms with Crippen molar-refractivity contribution in [2.24, 2.45) is 0 Å². The molecule has 1 heterocycles. The maximum Gasteiger partial charge on any atom is 0.259 e. The monoisotopic (exact) mass is 427 g/mol. The SMILES string of the molecule is COc1cccc(OC)c1C(=O)NC(Cc1cc(=O)[nH]c(C)n1)c1ccc(Cl)cc1. The van der Waals surface area contributed by atoms with Crippen LogP contribution in [0.1, 0.15) is 33.5 Å². The zero-order valence-corrected chi connectivity index (χ0v) is 17.6. The summed E-state index contributed by atoms with van der Waals surface area (Å²) in [6, 6.07) is 13.2. The Balaban J connectivity index is 1.98. The van der Waals surface area contributed by atoms with E-state index in [0.717, 1.165) is 5.56 Å². The van der Waals surface area contributed by atoms with Crippen LogP contribution in [-0.2, 0) is 6.42 Å². The number of carbonyl (C=O) groups excluding carboxylic acids is 1. The maximum absolute atomic E-state index is 13.2. The van der Waals surface area contributed by atoms with E-state index >= 15 is 0 Å². The van der Waals surface area contributed by atoms with Crippen LogP contribution in [0.15, 0.2) is 53.3 Å². The van der Waals surface area contributed by atoms with Crippen molar-refractivity contribution < 1.29 is 14.3 Å². The molecule has 2 N–H and O–H groups in total. The second-order valence-corrected chi connectivity index (χ2v) is 7.08. The molecule has 0 fully saturated rings. The Bertz CT molecular complexity index is 1070. The molecular weight excluding hydrogens is 406 g/mol. The van der Waals surface area contributed by atoms with Crippen LogP contribution in [0, 0.1) is 6.92 Å². The molecule has 0 aliphatic rings. The number of nitrogens with one attached hydrogen (secondary N) is 2. The number of carbonyl (C=O) groups is 1. The number of aromatic amines is 1. The second kappa shape index (κ2) is 9.45. The topological polar surface area (TPSA) is 93.3 Å². The van der Waals surface area contributed by atoms with Gasteiger partial charge in [-0.2, -0.15) is 0 Å². The summed E-state index contributed by atoms with van der Waals surface area (Å²) in [5.41, 5.74) is 1.42. The van der Waals surface area contributed by atoms with Crippen molar-refractivity contribution in [1.29, 1.82) is 0 Å². The highest BCUT2D eigenvalue weighted by Gasteiger charge is 2.23. The van der Waals surface area contributed by atoms with E-state index in [1.54, 1.807) is 37.3 Å². The normalized spacial score (nSPS) is 11.6. The molecule has 0 aliphatic carbocycles. The van der Waals surface area contributed by atoms with Crippen molar-refractivity contribution in [3.8, 4) is 11.5 Å². The largest absolute Gasteiger partial charge is 0.496 e. The molecule has 0 spiro atoms. The van der Waals surface area contributed by atoms with Crippen molar-refractivity contribution in [1.82, 2.24) is 15.3 Å². The quantitative estimate of drug-likeness (QED) is 0.602. The van der Waals surface area contributed by atoms with Crippen LogP contribution in [0.25, 0.3) is 0 Å². The van der Waals surface area contributed by atoms with Gasteiger partial charge in [0.1, 0.15) is 22.9 Å². The molecule has 0 radical (unpaired) electrons. The molecule has 30 heavy (non-hydrogen) atoms. The Morgan fingerprint density at radius 1 is 1.13 bits per heavy atom. The number of H-pyrrole nitrogens is 1. The Morgan fingerprint density at radius 2 is 1.77 bits per heavy atom. The molecule has 156 valence electrons. The van der Waals surface area contributed by atoms with E-state index < -0.39 is 6.04 Å². The summed E-state index contributed by atoms with van der Waals surface area (Å²) < 4.78 is 10.7. The van der Waals surface area contributed by atoms with Crippen molar-refractivity contribution >= 4 is 17.5 Å². The Kier molecular flexibility index (Phi) is 6.74. The lowest BCUT2D eigenvalue weighted by atomic mass is 10.0. The van der Waals surface area contributed by atoms with Gasteiger partial charge in [-0.15, -0.1) is 0 Å². The number of nitrogens with zero attached hydrogens (tertiary/aromatic N) is 1. The van der Waals surface area contributed by atoms with Gasteiger partial charge < -0.3 is 19.8 Å². The predicted molar refractivity (Wildman–Crippen MR) is 115 cm³/mol. The zero-order valence-electron chi connectivity index (χ0n) is 16.9. The summed E-state index contributed by atoms with van der Waals surface area (Å²) in [7, 11) is 2.98. The highest BCUT2D eigenvalue weighted by molar-refractivity contribution is 6.30. The third-order valence-electron chi connectivity index (χ3n) is 4.56. The third kappa shape index (κ3) is 4.99. The lowest BCUT2D eigenvalue weighted by Crippen LogP contribution is -2.31. The van der Waals surface area contributed by atoms with E-state index in [4.69, 9.17) is 21.1 Å². The van der Waals surface area contributed by atoms with E-state index in [-0.39, 0.29) is 17.0 Å². The second-order valence-electron chi connectivity index (χ2n) is 6.64. The lowest BCUT2D eigenvalue weighted by Gasteiger charge is -2.21. The molecule has 7 nitrogen and oxygen atoms in total. The molecule has 3 aromatic rings. The maximum atomic E-state index is 13.2. The third-order valence-corrected chi connectivity index (χ3v) is 4.81. The first-order chi connectivity index (χ1) is 14.4. The lowest BCUT2D eigenvalue weighted by molar-refractivity contribution is 0.0930. The van der Waals surface area contributed by atoms with E-state index in [1.807, 2.05) is 12.1 Å². The minimum absolute atomic E-state index is 0.245. The average molecular weight is 428 g/mol. The first-order valence-electron chi connectivity index (χ1n) is 9.25. The highest BCUT2D eigenvalue weighted by Crippen LogP contribution is 2.29. The van der Waals surface area contributed by atoms with Crippen LogP contribution in [0.5, 0.6) is 11.5 Å². The van der Waals surface area contributed by atoms with Crippen LogP contribution in [0.4, 0.5) is 0 Å². The fourth-order valence-electron chi connectivity index (χ4n) is 3.21. The summed E-state index contributed by atoms with van der Waals surface area (Å²) in [6.45, 7) is 1.71. The predicted octanol–water partition coefficient (Wildman–Crippen LogP) is 3.46. The average Bonchev–Trinajstić information content (AvgIpc) is 2.72. The van der Waals surface area contributed by atoms with Crippen molar-refractivity contribution in [2.45, 2.75) is 19.4 Å². The first kappa shape index (κ1) is 21.4. The van der Waals surface area contributed by atoms with Crippen LogP contribution >= 0.6 is 11.6 Å². The van der Waals surface area contributed by atoms with E-state index in [2.05, 4.69) is 15.3 Å². The van der Waals surface area contributed by atoms with Crippen LogP contribution in [0.3, 0.4) is 0 Å². The fraction of sp³-hybridized carbons (Fsp3) is 0.227. The number of aryl methyl sites for hydroxylation is 1. The smallest absolute Gasteiger partial charge is 0.259 e. The highest BCUT2D eigenvalue weighted by atomic mass is 35.5. The molecule has 1 amide bonds. The van der Waals surface area contributed by atoms with Crippen molar-refractivity contribution in [3.05, 3.63) is 86.6 Å². The van der Waals surface area contributed by atoms with Gasteiger partial charge in [0.05, 0.1) is 26.0 Å². The molecule has 0 saturated carbocycles. The van der Waals surface area contributed by atoms with Crippen LogP contribution < -0.4 is 20.3 Å². The molecule has 0 aliphatic heterocycles. The van der Waals surface area contributed by atoms with Crippen LogP contribution in [0.2, 0.25) is 5.02 Å². The van der Waals surface area contributed by atoms with Gasteiger partial charge in [-0.25, -0.2) is 4.98 Å². The number of benzene rings is 2. The van der Waals surface area contributed by atoms with E-state index in [9.17, 15) is 9.59 Å². The van der Waals surface area contributed by atoms with Crippen molar-refractivity contribution in [3.63, 3.8) is 0 Å². The number of hydrogen-bond acceptors (Lipinski definition) is 5. The Hall–Kier alpha value is -3.32. The molecule has 1 unspecified atom stereocenters. The fourth-order valence-corrected chi connectivity index (χ4v) is 3.33. The number of rotatable bonds is 7. The summed E-state index contributed by atoms with van der Waals surface area (Å²) in [5, 5.41) is 3.60. The summed E-state index contributed by atoms with van der Waals surface area (Å²) >= 11 is 6.02. The molecule has 1 aromatic heterocycles. The van der Waals surface area contributed by atoms with Gasteiger partial charge in [0.25, 0.3) is 11.5 Å². The van der Waals surface area contributed by atoms with Gasteiger partial charge in [-0.3, -0.25) is 9.59 Å². The van der Waals surface area contributed by atoms with Gasteiger partial charge >= 0.3 is 0 Å². The number of halogens is 1. The van der Waals surface area contributed by atoms with Gasteiger partial charge in [-0.1, -0.05) is 29.8 Å². The van der Waals surface area contributed by atoms with Gasteiger partial charge in [0, 0.05) is 17.5 Å². The van der Waals surface area contributed by atoms with E-state index in [1.165, 1.54) is 20.3 Å². The summed E-state index contributed by atoms with van der Waals surface area (Å²) in [4.78, 5) is 32.0. The summed E-state index contributed by atoms with van der Waals surface area (Å²) in [5.74, 6) is 0.926. The number of ether oxygens (including phenoxy) is 2. The number of amides is 1. The number of hydrogen-bond donors (Lipinski definition) is 2. The molecular formula is C22H22ClN3O4. The Labute approximate surface area is 179 Å². The van der Waals surface area contributed by atoms with Crippen LogP contribution in [-0.4, -0.2) is 30.1 Å². The molecule has 2 aromatic carbocycles. The number of methoxy groups -OCH3 is 2. The molecule has 3 rings (SSSR count). The minimum atomic E-state index is -0.460.